The van der Waals surface area contributed by atoms with E-state index in [0.29, 0.717) is 0 Å². The summed E-state index contributed by atoms with van der Waals surface area (Å²) in [5, 5.41) is 39.4. The highest BCUT2D eigenvalue weighted by molar-refractivity contribution is 5.84. The summed E-state index contributed by atoms with van der Waals surface area (Å²) in [5.74, 6) is -2.00. The van der Waals surface area contributed by atoms with E-state index in [4.69, 9.17) is 15.4 Å². The van der Waals surface area contributed by atoms with Crippen LogP contribution in [0, 0.1) is 0 Å². The molecule has 0 bridgehead atoms. The highest BCUT2D eigenvalue weighted by Gasteiger charge is 2.01. The molecule has 0 aliphatic heterocycles. The van der Waals surface area contributed by atoms with Gasteiger partial charge in [-0.3, -0.25) is 0 Å². The maximum absolute atomic E-state index is 11.0. The van der Waals surface area contributed by atoms with Crippen LogP contribution in [0.1, 0.15) is 5.56 Å². The van der Waals surface area contributed by atoms with Gasteiger partial charge in [0.25, 0.3) is 0 Å². The van der Waals surface area contributed by atoms with E-state index in [2.05, 4.69) is 5.16 Å². The van der Waals surface area contributed by atoms with Crippen LogP contribution < -0.4 is 5.11 Å². The number of aromatic hydroxyl groups is 2. The van der Waals surface area contributed by atoms with Gasteiger partial charge in [-0.15, -0.1) is 0 Å². The van der Waals surface area contributed by atoms with Crippen LogP contribution in [-0.4, -0.2) is 21.6 Å². The summed E-state index contributed by atoms with van der Waals surface area (Å²) in [4.78, 5) is 0. The molecule has 0 aliphatic rings. The highest BCUT2D eigenvalue weighted by atomic mass is 16.4. The number of phenols is 2. The first-order valence-electron chi connectivity index (χ1n) is 3.06. The zero-order chi connectivity index (χ0) is 9.14. The second kappa shape index (κ2) is 3.00. The van der Waals surface area contributed by atoms with Crippen molar-refractivity contribution in [1.29, 1.82) is 0 Å². The normalized spacial score (nSPS) is 10.7. The van der Waals surface area contributed by atoms with Crippen LogP contribution >= 0.6 is 0 Å². The third-order valence-corrected chi connectivity index (χ3v) is 1.34. The van der Waals surface area contributed by atoms with Crippen LogP contribution in [0.2, 0.25) is 0 Å². The van der Waals surface area contributed by atoms with Crippen molar-refractivity contribution in [3.05, 3.63) is 17.7 Å². The molecule has 0 atom stereocenters. The summed E-state index contributed by atoms with van der Waals surface area (Å²) in [5.41, 5.74) is 0.00722. The Balaban J connectivity index is 3.26. The van der Waals surface area contributed by atoms with Gasteiger partial charge in [0.2, 0.25) is 0 Å². The fourth-order valence-corrected chi connectivity index (χ4v) is 0.740. The number of nitrogens with zero attached hydrogens (tertiary/aromatic N) is 1. The molecule has 0 aliphatic carbocycles. The van der Waals surface area contributed by atoms with E-state index in [9.17, 15) is 5.11 Å². The number of rotatable bonds is 1. The number of phenolic OH excluding ortho intramolecular Hbond substituents is 2. The molecule has 0 radical (unpaired) electrons. The minimum absolute atomic E-state index is 0.00722. The molecule has 0 amide bonds. The first kappa shape index (κ1) is 8.19. The molecule has 1 aromatic carbocycles. The van der Waals surface area contributed by atoms with Crippen LogP contribution in [0.4, 0.5) is 0 Å². The Morgan fingerprint density at radius 1 is 1.33 bits per heavy atom. The second-order valence-electron chi connectivity index (χ2n) is 2.10. The molecule has 0 unspecified atom stereocenters. The van der Waals surface area contributed by atoms with E-state index in [1.54, 1.807) is 0 Å². The largest absolute Gasteiger partial charge is 0.869 e. The molecule has 1 aromatic rings. The van der Waals surface area contributed by atoms with Crippen molar-refractivity contribution < 1.29 is 20.5 Å². The van der Waals surface area contributed by atoms with Crippen molar-refractivity contribution >= 4 is 6.21 Å². The van der Waals surface area contributed by atoms with E-state index in [-0.39, 0.29) is 5.56 Å². The number of hydrogen-bond donors (Lipinski definition) is 3. The van der Waals surface area contributed by atoms with Gasteiger partial charge < -0.3 is 20.5 Å². The Bertz CT molecular complexity index is 321. The van der Waals surface area contributed by atoms with E-state index < -0.39 is 17.2 Å². The average Bonchev–Trinajstić information content (AvgIpc) is 2.07. The molecule has 0 saturated heterocycles. The van der Waals surface area contributed by atoms with Gasteiger partial charge in [0.05, 0.1) is 6.21 Å². The van der Waals surface area contributed by atoms with Gasteiger partial charge in [0.15, 0.2) is 5.75 Å². The third-order valence-electron chi connectivity index (χ3n) is 1.34. The number of hydrogen-bond acceptors (Lipinski definition) is 5. The van der Waals surface area contributed by atoms with Gasteiger partial charge in [-0.25, -0.2) is 0 Å². The maximum atomic E-state index is 11.0. The number of benzene rings is 1. The summed E-state index contributed by atoms with van der Waals surface area (Å²) >= 11 is 0. The maximum Gasteiger partial charge on any atom is 0.156 e. The van der Waals surface area contributed by atoms with Crippen molar-refractivity contribution in [1.82, 2.24) is 0 Å². The smallest absolute Gasteiger partial charge is 0.156 e. The summed E-state index contributed by atoms with van der Waals surface area (Å²) in [7, 11) is 0. The fraction of sp³-hybridized carbons (Fsp3) is 0. The van der Waals surface area contributed by atoms with Crippen molar-refractivity contribution in [2.75, 3.05) is 0 Å². The summed E-state index contributed by atoms with van der Waals surface area (Å²) < 4.78 is 0. The van der Waals surface area contributed by atoms with Crippen LogP contribution in [-0.2, 0) is 0 Å². The molecule has 0 saturated carbocycles. The van der Waals surface area contributed by atoms with Crippen molar-refractivity contribution in [3.8, 4) is 17.2 Å². The monoisotopic (exact) mass is 168 g/mol. The predicted molar refractivity (Wildman–Crippen MR) is 38.6 cm³/mol. The molecule has 0 heterocycles. The molecule has 0 fully saturated rings. The lowest BCUT2D eigenvalue weighted by atomic mass is 10.2. The first-order valence-corrected chi connectivity index (χ1v) is 3.06. The molecule has 5 nitrogen and oxygen atoms in total. The van der Waals surface area contributed by atoms with Crippen LogP contribution in [0.25, 0.3) is 0 Å². The van der Waals surface area contributed by atoms with Crippen LogP contribution in [0.5, 0.6) is 17.2 Å². The Kier molecular flexibility index (Phi) is 2.05. The zero-order valence-electron chi connectivity index (χ0n) is 5.93. The lowest BCUT2D eigenvalue weighted by molar-refractivity contribution is -0.270. The standard InChI is InChI=1S/C7H7NO4/c9-5-2-1-4(3-8-12)6(10)7(5)11/h1-3,9-12H/p-1. The summed E-state index contributed by atoms with van der Waals surface area (Å²) in [6.07, 6.45) is 0.876. The predicted octanol–water partition coefficient (Wildman–Crippen LogP) is -0.0205. The quantitative estimate of drug-likeness (QED) is 0.237. The highest BCUT2D eigenvalue weighted by Crippen LogP contribution is 2.33. The summed E-state index contributed by atoms with van der Waals surface area (Å²) in [6, 6.07) is 2.37. The van der Waals surface area contributed by atoms with Crippen LogP contribution in [0.15, 0.2) is 17.3 Å². The van der Waals surface area contributed by atoms with Crippen molar-refractivity contribution in [3.63, 3.8) is 0 Å². The Hall–Kier alpha value is -1.91. The van der Waals surface area contributed by atoms with Gasteiger partial charge in [-0.1, -0.05) is 10.9 Å². The van der Waals surface area contributed by atoms with E-state index in [1.807, 2.05) is 0 Å². The minimum atomic E-state index is -0.771. The van der Waals surface area contributed by atoms with E-state index >= 15 is 0 Å². The molecular formula is C7H6NO4-. The number of oxime groups is 1. The molecule has 64 valence electrons. The van der Waals surface area contributed by atoms with Gasteiger partial charge in [0, 0.05) is 0 Å². The Labute approximate surface area is 67.8 Å². The van der Waals surface area contributed by atoms with E-state index in [1.165, 1.54) is 6.07 Å². The average molecular weight is 168 g/mol. The van der Waals surface area contributed by atoms with Crippen LogP contribution in [0.3, 0.4) is 0 Å². The zero-order valence-corrected chi connectivity index (χ0v) is 5.93. The molecule has 0 aromatic heterocycles. The summed E-state index contributed by atoms with van der Waals surface area (Å²) in [6.45, 7) is 0. The SMILES string of the molecule is [O-]c1c(C=NO)ccc(O)c1O. The molecule has 1 rings (SSSR count). The van der Waals surface area contributed by atoms with Crippen molar-refractivity contribution in [2.24, 2.45) is 5.16 Å². The van der Waals surface area contributed by atoms with Crippen molar-refractivity contribution in [2.45, 2.75) is 0 Å². The fourth-order valence-electron chi connectivity index (χ4n) is 0.740. The van der Waals surface area contributed by atoms with Gasteiger partial charge in [0.1, 0.15) is 5.75 Å². The third kappa shape index (κ3) is 1.24. The topological polar surface area (TPSA) is 96.1 Å². The minimum Gasteiger partial charge on any atom is -0.869 e. The van der Waals surface area contributed by atoms with E-state index in [0.717, 1.165) is 12.3 Å². The van der Waals surface area contributed by atoms with Gasteiger partial charge in [-0.05, 0) is 17.7 Å². The lowest BCUT2D eigenvalue weighted by Gasteiger charge is -2.12. The molecule has 12 heavy (non-hydrogen) atoms. The lowest BCUT2D eigenvalue weighted by Crippen LogP contribution is -1.96. The molecule has 5 heteroatoms. The molecular weight excluding hydrogens is 162 g/mol. The molecule has 0 spiro atoms. The first-order chi connectivity index (χ1) is 5.66. The second-order valence-corrected chi connectivity index (χ2v) is 2.10. The Morgan fingerprint density at radius 3 is 2.58 bits per heavy atom. The van der Waals surface area contributed by atoms with Gasteiger partial charge in [-0.2, -0.15) is 0 Å². The van der Waals surface area contributed by atoms with Gasteiger partial charge >= 0.3 is 0 Å². The molecule has 3 N–H and O–H groups in total. The Morgan fingerprint density at radius 2 is 2.00 bits per heavy atom.